The van der Waals surface area contributed by atoms with Gasteiger partial charge in [0.1, 0.15) is 5.76 Å². The van der Waals surface area contributed by atoms with Gasteiger partial charge in [0.15, 0.2) is 0 Å². The molecule has 1 aromatic carbocycles. The van der Waals surface area contributed by atoms with Gasteiger partial charge in [-0.2, -0.15) is 0 Å². The van der Waals surface area contributed by atoms with E-state index in [9.17, 15) is 0 Å². The summed E-state index contributed by atoms with van der Waals surface area (Å²) in [5.41, 5.74) is 3.77. The molecule has 0 radical (unpaired) electrons. The zero-order valence-electron chi connectivity index (χ0n) is 14.0. The first-order valence-electron chi connectivity index (χ1n) is 8.35. The fourth-order valence-corrected chi connectivity index (χ4v) is 4.55. The van der Waals surface area contributed by atoms with Crippen LogP contribution < -0.4 is 0 Å². The molecule has 23 heavy (non-hydrogen) atoms. The number of aryl methyl sites for hydroxylation is 2. The summed E-state index contributed by atoms with van der Waals surface area (Å²) in [6.07, 6.45) is 3.81. The van der Waals surface area contributed by atoms with E-state index in [4.69, 9.17) is 4.52 Å². The Morgan fingerprint density at radius 2 is 1.87 bits per heavy atom. The molecule has 2 aromatic rings. The molecule has 4 atom stereocenters. The molecular formula is C19H25ClN2O. The fourth-order valence-electron chi connectivity index (χ4n) is 4.55. The quantitative estimate of drug-likeness (QED) is 0.813. The average Bonchev–Trinajstić information content (AvgIpc) is 3.02. The van der Waals surface area contributed by atoms with Gasteiger partial charge in [0.2, 0.25) is 0 Å². The minimum atomic E-state index is 0. The Bertz CT molecular complexity index is 666. The van der Waals surface area contributed by atoms with E-state index in [0.717, 1.165) is 17.5 Å². The van der Waals surface area contributed by atoms with Crippen LogP contribution in [0.4, 0.5) is 0 Å². The third kappa shape index (κ3) is 2.81. The highest BCUT2D eigenvalue weighted by Gasteiger charge is 2.47. The van der Waals surface area contributed by atoms with Gasteiger partial charge in [0.05, 0.1) is 5.69 Å². The van der Waals surface area contributed by atoms with E-state index in [1.165, 1.54) is 30.4 Å². The molecule has 4 heteroatoms. The number of benzene rings is 1. The number of aromatic nitrogens is 1. The van der Waals surface area contributed by atoms with Crippen molar-refractivity contribution in [3.63, 3.8) is 0 Å². The molecule has 3 heterocycles. The van der Waals surface area contributed by atoms with Gasteiger partial charge in [-0.15, -0.1) is 12.4 Å². The van der Waals surface area contributed by atoms with Crippen LogP contribution in [0.1, 0.15) is 53.7 Å². The standard InChI is InChI=1S/C19H24N2O.ClH/c1-12-4-6-14(7-5-12)16-11-15-8-9-17(21(15)3)19(16)18-10-13(2)20-22-18;/h4-7,10,15-17,19H,8-9,11H2,1-3H3;1H/t15?,16-,17?,19+;/m1./s1. The maximum atomic E-state index is 5.70. The van der Waals surface area contributed by atoms with Gasteiger partial charge in [0, 0.05) is 24.1 Å². The van der Waals surface area contributed by atoms with Gasteiger partial charge >= 0.3 is 0 Å². The van der Waals surface area contributed by atoms with Gasteiger partial charge < -0.3 is 4.52 Å². The maximum Gasteiger partial charge on any atom is 0.142 e. The van der Waals surface area contributed by atoms with Gasteiger partial charge in [-0.25, -0.2) is 0 Å². The minimum Gasteiger partial charge on any atom is -0.361 e. The Kier molecular flexibility index (Phi) is 4.52. The van der Waals surface area contributed by atoms with Crippen LogP contribution in [0.2, 0.25) is 0 Å². The average molecular weight is 333 g/mol. The predicted octanol–water partition coefficient (Wildman–Crippen LogP) is 4.45. The molecule has 3 nitrogen and oxygen atoms in total. The van der Waals surface area contributed by atoms with Crippen molar-refractivity contribution >= 4 is 12.4 Å². The van der Waals surface area contributed by atoms with Crippen molar-refractivity contribution in [3.8, 4) is 0 Å². The predicted molar refractivity (Wildman–Crippen MR) is 94.3 cm³/mol. The molecule has 4 rings (SSSR count). The molecule has 0 aliphatic carbocycles. The third-order valence-corrected chi connectivity index (χ3v) is 5.75. The smallest absolute Gasteiger partial charge is 0.142 e. The van der Waals surface area contributed by atoms with Crippen molar-refractivity contribution in [2.45, 2.75) is 57.0 Å². The van der Waals surface area contributed by atoms with Gasteiger partial charge in [-0.05, 0) is 51.6 Å². The SMILES string of the molecule is Cc1ccc([C@H]2CC3CCC([C@H]2c2cc(C)no2)N3C)cc1.Cl. The number of nitrogens with zero attached hydrogens (tertiary/aromatic N) is 2. The maximum absolute atomic E-state index is 5.70. The van der Waals surface area contributed by atoms with Crippen LogP contribution in [-0.4, -0.2) is 29.2 Å². The van der Waals surface area contributed by atoms with E-state index < -0.39 is 0 Å². The van der Waals surface area contributed by atoms with E-state index in [0.29, 0.717) is 17.9 Å². The molecule has 0 amide bonds. The summed E-state index contributed by atoms with van der Waals surface area (Å²) in [6.45, 7) is 4.16. The molecule has 2 unspecified atom stereocenters. The molecule has 1 aromatic heterocycles. The summed E-state index contributed by atoms with van der Waals surface area (Å²) in [6, 6.07) is 12.5. The minimum absolute atomic E-state index is 0. The molecule has 0 N–H and O–H groups in total. The first-order chi connectivity index (χ1) is 10.6. The number of halogens is 1. The van der Waals surface area contributed by atoms with Gasteiger partial charge in [-0.3, -0.25) is 4.90 Å². The first-order valence-corrected chi connectivity index (χ1v) is 8.35. The lowest BCUT2D eigenvalue weighted by Gasteiger charge is -2.42. The highest BCUT2D eigenvalue weighted by Crippen LogP contribution is 2.50. The van der Waals surface area contributed by atoms with Crippen molar-refractivity contribution < 1.29 is 4.52 Å². The lowest BCUT2D eigenvalue weighted by molar-refractivity contribution is 0.122. The Morgan fingerprint density at radius 1 is 1.13 bits per heavy atom. The number of hydrogen-bond donors (Lipinski definition) is 0. The fraction of sp³-hybridized carbons (Fsp3) is 0.526. The molecule has 0 saturated carbocycles. The Hall–Kier alpha value is -1.32. The number of piperidine rings is 1. The summed E-state index contributed by atoms with van der Waals surface area (Å²) in [5.74, 6) is 2.04. The zero-order chi connectivity index (χ0) is 15.3. The molecule has 2 aliphatic rings. The number of likely N-dealkylation sites (N-methyl/N-ethyl adjacent to an activating group) is 1. The number of rotatable bonds is 2. The second-order valence-electron chi connectivity index (χ2n) is 7.11. The molecule has 124 valence electrons. The number of fused-ring (bicyclic) bond motifs is 2. The second kappa shape index (κ2) is 6.29. The highest BCUT2D eigenvalue weighted by molar-refractivity contribution is 5.85. The van der Waals surface area contributed by atoms with E-state index in [2.05, 4.69) is 54.4 Å². The van der Waals surface area contributed by atoms with E-state index >= 15 is 0 Å². The van der Waals surface area contributed by atoms with E-state index in [1.807, 2.05) is 6.92 Å². The largest absolute Gasteiger partial charge is 0.361 e. The Balaban J connectivity index is 0.00000156. The van der Waals surface area contributed by atoms with Crippen molar-refractivity contribution in [1.29, 1.82) is 0 Å². The van der Waals surface area contributed by atoms with Gasteiger partial charge in [0.25, 0.3) is 0 Å². The Labute approximate surface area is 144 Å². The highest BCUT2D eigenvalue weighted by atomic mass is 35.5. The molecule has 0 spiro atoms. The summed E-state index contributed by atoms with van der Waals surface area (Å²) in [4.78, 5) is 2.58. The molecule has 2 saturated heterocycles. The Morgan fingerprint density at radius 3 is 2.52 bits per heavy atom. The molecule has 2 fully saturated rings. The topological polar surface area (TPSA) is 29.3 Å². The van der Waals surface area contributed by atoms with Gasteiger partial charge in [-0.1, -0.05) is 35.0 Å². The lowest BCUT2D eigenvalue weighted by atomic mass is 9.75. The van der Waals surface area contributed by atoms with Crippen LogP contribution in [0.3, 0.4) is 0 Å². The monoisotopic (exact) mass is 332 g/mol. The van der Waals surface area contributed by atoms with Crippen molar-refractivity contribution in [1.82, 2.24) is 10.1 Å². The molecule has 2 bridgehead atoms. The first kappa shape index (κ1) is 16.5. The zero-order valence-corrected chi connectivity index (χ0v) is 14.8. The van der Waals surface area contributed by atoms with Crippen molar-refractivity contribution in [2.24, 2.45) is 0 Å². The summed E-state index contributed by atoms with van der Waals surface area (Å²) >= 11 is 0. The van der Waals surface area contributed by atoms with Crippen LogP contribution in [0.15, 0.2) is 34.9 Å². The summed E-state index contributed by atoms with van der Waals surface area (Å²) in [7, 11) is 2.28. The lowest BCUT2D eigenvalue weighted by Crippen LogP contribution is -2.44. The van der Waals surface area contributed by atoms with Crippen molar-refractivity contribution in [3.05, 3.63) is 52.9 Å². The normalized spacial score (nSPS) is 30.2. The second-order valence-corrected chi connectivity index (χ2v) is 7.11. The molecule has 2 aliphatic heterocycles. The van der Waals surface area contributed by atoms with Crippen LogP contribution in [0, 0.1) is 13.8 Å². The van der Waals surface area contributed by atoms with Crippen LogP contribution >= 0.6 is 12.4 Å². The summed E-state index contributed by atoms with van der Waals surface area (Å²) < 4.78 is 5.70. The van der Waals surface area contributed by atoms with E-state index in [-0.39, 0.29) is 12.4 Å². The van der Waals surface area contributed by atoms with Crippen LogP contribution in [0.5, 0.6) is 0 Å². The summed E-state index contributed by atoms with van der Waals surface area (Å²) in [5, 5.41) is 4.15. The number of hydrogen-bond acceptors (Lipinski definition) is 3. The van der Waals surface area contributed by atoms with Crippen LogP contribution in [0.25, 0.3) is 0 Å². The van der Waals surface area contributed by atoms with Crippen LogP contribution in [-0.2, 0) is 0 Å². The molecular weight excluding hydrogens is 308 g/mol. The third-order valence-electron chi connectivity index (χ3n) is 5.75. The van der Waals surface area contributed by atoms with Crippen molar-refractivity contribution in [2.75, 3.05) is 7.05 Å². The van der Waals surface area contributed by atoms with E-state index in [1.54, 1.807) is 0 Å².